The minimum Gasteiger partial charge on any atom is -0.448 e. The molecule has 1 aromatic heterocycles. The normalized spacial score (nSPS) is 20.4. The Balaban J connectivity index is 1.76. The third kappa shape index (κ3) is 2.72. The molecule has 0 aliphatic carbocycles. The SMILES string of the molecule is Cc1c(C(=O)NCC2CCS(=O)(=O)C2)oc2c(F)cccc12. The van der Waals surface area contributed by atoms with E-state index in [4.69, 9.17) is 4.42 Å². The first-order valence-electron chi connectivity index (χ1n) is 7.03. The number of sulfone groups is 1. The average molecular weight is 325 g/mol. The van der Waals surface area contributed by atoms with Crippen molar-refractivity contribution in [2.24, 2.45) is 5.92 Å². The van der Waals surface area contributed by atoms with Crippen LogP contribution in [-0.4, -0.2) is 32.4 Å². The average Bonchev–Trinajstić information content (AvgIpc) is 2.98. The highest BCUT2D eigenvalue weighted by Crippen LogP contribution is 2.27. The van der Waals surface area contributed by atoms with E-state index in [1.807, 2.05) is 0 Å². The van der Waals surface area contributed by atoms with Crippen molar-refractivity contribution in [1.82, 2.24) is 5.32 Å². The van der Waals surface area contributed by atoms with Gasteiger partial charge in [-0.05, 0) is 25.3 Å². The lowest BCUT2D eigenvalue weighted by Crippen LogP contribution is -2.29. The number of aryl methyl sites for hydroxylation is 1. The predicted molar refractivity (Wildman–Crippen MR) is 80.0 cm³/mol. The first-order valence-corrected chi connectivity index (χ1v) is 8.86. The van der Waals surface area contributed by atoms with Crippen molar-refractivity contribution in [3.63, 3.8) is 0 Å². The van der Waals surface area contributed by atoms with E-state index in [-0.39, 0.29) is 35.3 Å². The molecule has 22 heavy (non-hydrogen) atoms. The van der Waals surface area contributed by atoms with E-state index in [9.17, 15) is 17.6 Å². The van der Waals surface area contributed by atoms with Gasteiger partial charge in [-0.15, -0.1) is 0 Å². The minimum atomic E-state index is -2.97. The fraction of sp³-hybridized carbons (Fsp3) is 0.400. The van der Waals surface area contributed by atoms with Crippen LogP contribution in [-0.2, 0) is 9.84 Å². The van der Waals surface area contributed by atoms with E-state index >= 15 is 0 Å². The van der Waals surface area contributed by atoms with E-state index in [1.165, 1.54) is 6.07 Å². The molecule has 1 amide bonds. The van der Waals surface area contributed by atoms with Crippen molar-refractivity contribution >= 4 is 26.7 Å². The number of benzene rings is 1. The summed E-state index contributed by atoms with van der Waals surface area (Å²) in [5.74, 6) is -0.695. The van der Waals surface area contributed by atoms with Crippen molar-refractivity contribution < 1.29 is 22.0 Å². The van der Waals surface area contributed by atoms with Crippen molar-refractivity contribution in [3.8, 4) is 0 Å². The maximum absolute atomic E-state index is 13.7. The molecule has 0 radical (unpaired) electrons. The van der Waals surface area contributed by atoms with Crippen LogP contribution < -0.4 is 5.32 Å². The van der Waals surface area contributed by atoms with Crippen LogP contribution in [0.5, 0.6) is 0 Å². The number of para-hydroxylation sites is 1. The summed E-state index contributed by atoms with van der Waals surface area (Å²) in [7, 11) is -2.97. The Kier molecular flexibility index (Phi) is 3.68. The van der Waals surface area contributed by atoms with E-state index in [2.05, 4.69) is 5.32 Å². The molecular formula is C15H16FNO4S. The van der Waals surface area contributed by atoms with Gasteiger partial charge in [0.05, 0.1) is 11.5 Å². The van der Waals surface area contributed by atoms with Gasteiger partial charge in [0, 0.05) is 17.5 Å². The quantitative estimate of drug-likeness (QED) is 0.937. The molecular weight excluding hydrogens is 309 g/mol. The van der Waals surface area contributed by atoms with Gasteiger partial charge < -0.3 is 9.73 Å². The van der Waals surface area contributed by atoms with Crippen molar-refractivity contribution in [1.29, 1.82) is 0 Å². The number of furan rings is 1. The zero-order valence-corrected chi connectivity index (χ0v) is 12.9. The largest absolute Gasteiger partial charge is 0.448 e. The summed E-state index contributed by atoms with van der Waals surface area (Å²) >= 11 is 0. The lowest BCUT2D eigenvalue weighted by Gasteiger charge is -2.08. The smallest absolute Gasteiger partial charge is 0.287 e. The highest BCUT2D eigenvalue weighted by Gasteiger charge is 2.28. The molecule has 3 rings (SSSR count). The first kappa shape index (κ1) is 15.0. The molecule has 7 heteroatoms. The van der Waals surface area contributed by atoms with Crippen molar-refractivity contribution in [3.05, 3.63) is 35.3 Å². The van der Waals surface area contributed by atoms with E-state index in [1.54, 1.807) is 19.1 Å². The van der Waals surface area contributed by atoms with Crippen LogP contribution in [0.1, 0.15) is 22.5 Å². The Morgan fingerprint density at radius 3 is 2.86 bits per heavy atom. The summed E-state index contributed by atoms with van der Waals surface area (Å²) in [6.07, 6.45) is 0.552. The van der Waals surface area contributed by atoms with Crippen molar-refractivity contribution in [2.75, 3.05) is 18.1 Å². The molecule has 1 N–H and O–H groups in total. The van der Waals surface area contributed by atoms with Gasteiger partial charge in [-0.2, -0.15) is 0 Å². The van der Waals surface area contributed by atoms with Crippen molar-refractivity contribution in [2.45, 2.75) is 13.3 Å². The molecule has 0 saturated carbocycles. The fourth-order valence-corrected chi connectivity index (χ4v) is 4.64. The molecule has 1 saturated heterocycles. The summed E-state index contributed by atoms with van der Waals surface area (Å²) < 4.78 is 41.8. The van der Waals surface area contributed by atoms with E-state index in [0.29, 0.717) is 17.4 Å². The summed E-state index contributed by atoms with van der Waals surface area (Å²) in [6, 6.07) is 4.53. The predicted octanol–water partition coefficient (Wildman–Crippen LogP) is 2.04. The van der Waals surface area contributed by atoms with Gasteiger partial charge in [-0.3, -0.25) is 4.79 Å². The van der Waals surface area contributed by atoms with Gasteiger partial charge in [-0.1, -0.05) is 12.1 Å². The molecule has 2 heterocycles. The molecule has 1 fully saturated rings. The van der Waals surface area contributed by atoms with Crippen LogP contribution in [0.25, 0.3) is 11.0 Å². The summed E-state index contributed by atoms with van der Waals surface area (Å²) in [6.45, 7) is 1.97. The van der Waals surface area contributed by atoms with Crippen LogP contribution in [0.2, 0.25) is 0 Å². The van der Waals surface area contributed by atoms with Crippen LogP contribution in [0.4, 0.5) is 4.39 Å². The molecule has 0 spiro atoms. The molecule has 1 aliphatic rings. The van der Waals surface area contributed by atoms with Crippen LogP contribution >= 0.6 is 0 Å². The second-order valence-electron chi connectivity index (χ2n) is 5.65. The number of carbonyl (C=O) groups is 1. The second-order valence-corrected chi connectivity index (χ2v) is 7.88. The molecule has 0 bridgehead atoms. The summed E-state index contributed by atoms with van der Waals surface area (Å²) in [5, 5.41) is 3.24. The third-order valence-electron chi connectivity index (χ3n) is 4.00. The number of rotatable bonds is 3. The zero-order chi connectivity index (χ0) is 15.9. The topological polar surface area (TPSA) is 76.4 Å². The Hall–Kier alpha value is -1.89. The highest BCUT2D eigenvalue weighted by atomic mass is 32.2. The molecule has 1 aromatic carbocycles. The molecule has 2 aromatic rings. The maximum Gasteiger partial charge on any atom is 0.287 e. The number of fused-ring (bicyclic) bond motifs is 1. The molecule has 1 unspecified atom stereocenters. The molecule has 118 valence electrons. The van der Waals surface area contributed by atoms with Crippen LogP contribution in [0.3, 0.4) is 0 Å². The Labute approximate surface area is 127 Å². The standard InChI is InChI=1S/C15H16FNO4S/c1-9-11-3-2-4-12(16)14(11)21-13(9)15(18)17-7-10-5-6-22(19,20)8-10/h2-4,10H,5-8H2,1H3,(H,17,18). The van der Waals surface area contributed by atoms with Gasteiger partial charge in [0.2, 0.25) is 0 Å². The Morgan fingerprint density at radius 1 is 1.45 bits per heavy atom. The van der Waals surface area contributed by atoms with Gasteiger partial charge in [-0.25, -0.2) is 12.8 Å². The Bertz CT molecular complexity index is 841. The van der Waals surface area contributed by atoms with E-state index < -0.39 is 21.6 Å². The van der Waals surface area contributed by atoms with Gasteiger partial charge in [0.1, 0.15) is 0 Å². The second kappa shape index (κ2) is 5.39. The number of amides is 1. The molecule has 1 aliphatic heterocycles. The number of nitrogens with one attached hydrogen (secondary N) is 1. The minimum absolute atomic E-state index is 0.0635. The number of hydrogen-bond donors (Lipinski definition) is 1. The lowest BCUT2D eigenvalue weighted by molar-refractivity contribution is 0.0922. The van der Waals surface area contributed by atoms with Crippen LogP contribution in [0.15, 0.2) is 22.6 Å². The fourth-order valence-electron chi connectivity index (χ4n) is 2.78. The summed E-state index contributed by atoms with van der Waals surface area (Å²) in [4.78, 5) is 12.2. The molecule has 5 nitrogen and oxygen atoms in total. The van der Waals surface area contributed by atoms with Gasteiger partial charge >= 0.3 is 0 Å². The zero-order valence-electron chi connectivity index (χ0n) is 12.1. The van der Waals surface area contributed by atoms with Gasteiger partial charge in [0.25, 0.3) is 5.91 Å². The summed E-state index contributed by atoms with van der Waals surface area (Å²) in [5.41, 5.74) is 0.639. The van der Waals surface area contributed by atoms with Crippen LogP contribution in [0, 0.1) is 18.7 Å². The lowest BCUT2D eigenvalue weighted by atomic mass is 10.1. The number of halogens is 1. The molecule has 1 atom stereocenters. The third-order valence-corrected chi connectivity index (χ3v) is 5.84. The maximum atomic E-state index is 13.7. The Morgan fingerprint density at radius 2 is 2.23 bits per heavy atom. The highest BCUT2D eigenvalue weighted by molar-refractivity contribution is 7.91. The van der Waals surface area contributed by atoms with E-state index in [0.717, 1.165) is 0 Å². The number of carbonyl (C=O) groups excluding carboxylic acids is 1. The first-order chi connectivity index (χ1) is 10.4. The number of hydrogen-bond acceptors (Lipinski definition) is 4. The van der Waals surface area contributed by atoms with Gasteiger partial charge in [0.15, 0.2) is 27.0 Å². The monoisotopic (exact) mass is 325 g/mol.